The smallest absolute Gasteiger partial charge is 0.336 e. The molecule has 0 aliphatic rings. The maximum Gasteiger partial charge on any atom is 0.336 e. The number of carbonyl (C=O) groups is 4. The second kappa shape index (κ2) is 15.4. The molecule has 0 aromatic rings. The number of hydrogen-bond donors (Lipinski definition) is 0. The highest BCUT2D eigenvalue weighted by Gasteiger charge is 2.23. The summed E-state index contributed by atoms with van der Waals surface area (Å²) in [7, 11) is 2.31. The van der Waals surface area contributed by atoms with Crippen molar-refractivity contribution in [3.05, 3.63) is 36.5 Å². The molecule has 31 heavy (non-hydrogen) atoms. The van der Waals surface area contributed by atoms with Crippen molar-refractivity contribution < 1.29 is 42.9 Å². The van der Waals surface area contributed by atoms with Gasteiger partial charge in [-0.3, -0.25) is 14.6 Å². The van der Waals surface area contributed by atoms with Gasteiger partial charge in [-0.05, 0) is 19.8 Å². The van der Waals surface area contributed by atoms with Crippen LogP contribution in [0.25, 0.3) is 0 Å². The second-order valence-corrected chi connectivity index (χ2v) is 6.36. The number of hydrogen-bond acceptors (Lipinski definition) is 10. The van der Waals surface area contributed by atoms with E-state index in [1.54, 1.807) is 0 Å². The summed E-state index contributed by atoms with van der Waals surface area (Å²) in [5, 5.41) is 0. The van der Waals surface area contributed by atoms with Gasteiger partial charge in [0.25, 0.3) is 6.29 Å². The van der Waals surface area contributed by atoms with Crippen LogP contribution in [0.2, 0.25) is 0 Å². The van der Waals surface area contributed by atoms with Crippen molar-refractivity contribution in [3.8, 4) is 0 Å². The van der Waals surface area contributed by atoms with Crippen molar-refractivity contribution in [1.29, 1.82) is 0 Å². The Balaban J connectivity index is 4.84. The molecule has 10 heteroatoms. The number of allylic oxidation sites excluding steroid dienone is 1. The molecule has 0 rings (SSSR count). The number of methoxy groups -OCH3 is 2. The van der Waals surface area contributed by atoms with Gasteiger partial charge in [0.15, 0.2) is 6.40 Å². The minimum Gasteiger partial charge on any atom is -0.466 e. The van der Waals surface area contributed by atoms with Gasteiger partial charge in [-0.2, -0.15) is 0 Å². The first kappa shape index (κ1) is 27.6. The summed E-state index contributed by atoms with van der Waals surface area (Å²) in [4.78, 5) is 50.7. The lowest BCUT2D eigenvalue weighted by Gasteiger charge is -2.16. The zero-order valence-corrected chi connectivity index (χ0v) is 18.1. The molecule has 0 aromatic heterocycles. The summed E-state index contributed by atoms with van der Waals surface area (Å²) in [6.45, 7) is 12.6. The van der Waals surface area contributed by atoms with Gasteiger partial charge in [-0.15, -0.1) is 6.58 Å². The van der Waals surface area contributed by atoms with Crippen LogP contribution in [0.1, 0.15) is 32.6 Å². The zero-order valence-electron chi connectivity index (χ0n) is 18.1. The first-order valence-electron chi connectivity index (χ1n) is 9.26. The third kappa shape index (κ3) is 13.4. The monoisotopic (exact) mass is 439 g/mol. The SMILES string of the molecule is C=C(C)CCCN=COC(CC(=O)OCC(=C)C(=O)OC)OC(=O)CC(=C)C(=O)OC. The van der Waals surface area contributed by atoms with Gasteiger partial charge in [-0.1, -0.05) is 18.7 Å². The van der Waals surface area contributed by atoms with Crippen LogP contribution in [-0.2, 0) is 42.9 Å². The lowest BCUT2D eigenvalue weighted by atomic mass is 10.2. The van der Waals surface area contributed by atoms with Crippen LogP contribution in [-0.4, -0.2) is 63.9 Å². The quantitative estimate of drug-likeness (QED) is 0.0550. The fraction of sp³-hybridized carbons (Fsp3) is 0.476. The van der Waals surface area contributed by atoms with Crippen LogP contribution in [0, 0.1) is 0 Å². The predicted octanol–water partition coefficient (Wildman–Crippen LogP) is 2.04. The third-order valence-corrected chi connectivity index (χ3v) is 3.49. The normalized spacial score (nSPS) is 11.2. The van der Waals surface area contributed by atoms with Gasteiger partial charge in [-0.25, -0.2) is 9.59 Å². The van der Waals surface area contributed by atoms with Crippen molar-refractivity contribution >= 4 is 30.3 Å². The summed E-state index contributed by atoms with van der Waals surface area (Å²) >= 11 is 0. The molecular weight excluding hydrogens is 410 g/mol. The number of rotatable bonds is 15. The van der Waals surface area contributed by atoms with Crippen molar-refractivity contribution in [2.75, 3.05) is 27.4 Å². The molecule has 1 unspecified atom stereocenters. The second-order valence-electron chi connectivity index (χ2n) is 6.36. The Bertz CT molecular complexity index is 724. The molecule has 0 aliphatic carbocycles. The molecule has 0 spiro atoms. The number of aliphatic imine (C=N–C) groups is 1. The lowest BCUT2D eigenvalue weighted by molar-refractivity contribution is -0.171. The summed E-state index contributed by atoms with van der Waals surface area (Å²) in [5.74, 6) is -3.20. The van der Waals surface area contributed by atoms with Gasteiger partial charge < -0.3 is 23.7 Å². The highest BCUT2D eigenvalue weighted by atomic mass is 16.7. The zero-order chi connectivity index (χ0) is 23.8. The average Bonchev–Trinajstić information content (AvgIpc) is 2.72. The summed E-state index contributed by atoms with van der Waals surface area (Å²) in [6, 6.07) is 0. The first-order valence-corrected chi connectivity index (χ1v) is 9.26. The maximum absolute atomic E-state index is 12.0. The first-order chi connectivity index (χ1) is 14.6. The molecule has 0 aliphatic heterocycles. The van der Waals surface area contributed by atoms with E-state index in [4.69, 9.17) is 14.2 Å². The van der Waals surface area contributed by atoms with Gasteiger partial charge in [0.1, 0.15) is 13.0 Å². The minimum absolute atomic E-state index is 0.0706. The molecule has 0 heterocycles. The molecule has 0 amide bonds. The Morgan fingerprint density at radius 2 is 1.58 bits per heavy atom. The fourth-order valence-corrected chi connectivity index (χ4v) is 1.90. The topological polar surface area (TPSA) is 127 Å². The largest absolute Gasteiger partial charge is 0.466 e. The lowest BCUT2D eigenvalue weighted by Crippen LogP contribution is -2.26. The molecule has 0 saturated heterocycles. The summed E-state index contributed by atoms with van der Waals surface area (Å²) in [5.41, 5.74) is 0.820. The van der Waals surface area contributed by atoms with E-state index in [1.807, 2.05) is 6.92 Å². The van der Waals surface area contributed by atoms with E-state index >= 15 is 0 Å². The van der Waals surface area contributed by atoms with Crippen LogP contribution in [0.5, 0.6) is 0 Å². The van der Waals surface area contributed by atoms with Crippen LogP contribution in [0.3, 0.4) is 0 Å². The van der Waals surface area contributed by atoms with Crippen LogP contribution in [0.15, 0.2) is 41.4 Å². The van der Waals surface area contributed by atoms with Gasteiger partial charge in [0.05, 0.1) is 26.2 Å². The van der Waals surface area contributed by atoms with Crippen LogP contribution < -0.4 is 0 Å². The van der Waals surface area contributed by atoms with Crippen molar-refractivity contribution in [2.24, 2.45) is 4.99 Å². The van der Waals surface area contributed by atoms with E-state index in [2.05, 4.69) is 34.2 Å². The Hall–Kier alpha value is -3.43. The average molecular weight is 439 g/mol. The van der Waals surface area contributed by atoms with Gasteiger partial charge in [0, 0.05) is 12.1 Å². The fourth-order valence-electron chi connectivity index (χ4n) is 1.90. The molecular formula is C21H29NO9. The number of ether oxygens (including phenoxy) is 5. The molecule has 10 nitrogen and oxygen atoms in total. The molecule has 172 valence electrons. The van der Waals surface area contributed by atoms with E-state index in [9.17, 15) is 19.2 Å². The molecule has 0 fully saturated rings. The van der Waals surface area contributed by atoms with Crippen molar-refractivity contribution in [3.63, 3.8) is 0 Å². The summed E-state index contributed by atoms with van der Waals surface area (Å²) in [6.07, 6.45) is 0.269. The molecule has 1 atom stereocenters. The van der Waals surface area contributed by atoms with Gasteiger partial charge in [0.2, 0.25) is 0 Å². The molecule has 0 N–H and O–H groups in total. The highest BCUT2D eigenvalue weighted by Crippen LogP contribution is 2.09. The van der Waals surface area contributed by atoms with Crippen LogP contribution in [0.4, 0.5) is 0 Å². The number of esters is 4. The highest BCUT2D eigenvalue weighted by molar-refractivity contribution is 5.93. The Morgan fingerprint density at radius 3 is 2.16 bits per heavy atom. The Kier molecular flexibility index (Phi) is 13.7. The van der Waals surface area contributed by atoms with E-state index in [-0.39, 0.29) is 11.1 Å². The molecule has 0 aromatic carbocycles. The Labute approximate surface area is 181 Å². The third-order valence-electron chi connectivity index (χ3n) is 3.49. The van der Waals surface area contributed by atoms with E-state index < -0.39 is 49.6 Å². The summed E-state index contributed by atoms with van der Waals surface area (Å²) < 4.78 is 24.1. The minimum atomic E-state index is -1.37. The van der Waals surface area contributed by atoms with E-state index in [1.165, 1.54) is 0 Å². The molecule has 0 saturated carbocycles. The van der Waals surface area contributed by atoms with E-state index in [0.717, 1.165) is 39.0 Å². The number of carbonyl (C=O) groups excluding carboxylic acids is 4. The van der Waals surface area contributed by atoms with Gasteiger partial charge >= 0.3 is 23.9 Å². The molecule has 0 bridgehead atoms. The van der Waals surface area contributed by atoms with Crippen molar-refractivity contribution in [1.82, 2.24) is 0 Å². The number of nitrogens with zero attached hydrogens (tertiary/aromatic N) is 1. The standard InChI is InChI=1S/C21H29NO9/c1-14(2)8-7-9-22-13-30-19(31-18(24)10-15(3)20(25)27-5)11-17(23)29-12-16(4)21(26)28-6/h13,19H,1,3-4,7-12H2,2,5-6H3. The Morgan fingerprint density at radius 1 is 0.968 bits per heavy atom. The maximum atomic E-state index is 12.0. The predicted molar refractivity (Wildman–Crippen MR) is 111 cm³/mol. The molecule has 0 radical (unpaired) electrons. The van der Waals surface area contributed by atoms with E-state index in [0.29, 0.717) is 6.54 Å². The van der Waals surface area contributed by atoms with Crippen LogP contribution >= 0.6 is 0 Å². The van der Waals surface area contributed by atoms with Crippen molar-refractivity contribution in [2.45, 2.75) is 38.9 Å².